The van der Waals surface area contributed by atoms with Crippen LogP contribution in [0, 0.1) is 5.92 Å². The monoisotopic (exact) mass is 633 g/mol. The number of benzene rings is 1. The van der Waals surface area contributed by atoms with E-state index in [2.05, 4.69) is 4.90 Å². The molecule has 41 heavy (non-hydrogen) atoms. The van der Waals surface area contributed by atoms with E-state index in [9.17, 15) is 35.1 Å². The van der Waals surface area contributed by atoms with E-state index < -0.39 is 37.7 Å². The van der Waals surface area contributed by atoms with Gasteiger partial charge in [0, 0.05) is 55.7 Å². The molecule has 0 bridgehead atoms. The molecule has 1 saturated carbocycles. The Morgan fingerprint density at radius 3 is 2.39 bits per heavy atom. The minimum Gasteiger partial charge on any atom is -0.376 e. The summed E-state index contributed by atoms with van der Waals surface area (Å²) < 4.78 is 93.8. The van der Waals surface area contributed by atoms with Crippen LogP contribution in [-0.4, -0.2) is 98.5 Å². The van der Waals surface area contributed by atoms with Crippen molar-refractivity contribution in [2.45, 2.75) is 50.0 Å². The standard InChI is InChI=1S/C27H34F3N3O5S3/c1-26(34,27(28,29)30)20-8-10-21(11-9-20)33-13-12-32(41(37,38)25-5-3-2-4-24(25)39)17-22(33)16-31-14-15-40(35,36)18-23(31)19-6-7-19/h2-3,5,8-11,19,22-23,34H,4,6-7,12-18H2,1H3/t22-,23+,26-/m0/s1. The highest BCUT2D eigenvalue weighted by atomic mass is 32.2. The number of anilines is 1. The molecule has 0 amide bonds. The van der Waals surface area contributed by atoms with Gasteiger partial charge in [0.25, 0.3) is 0 Å². The Labute approximate surface area is 244 Å². The molecule has 1 N–H and O–H groups in total. The van der Waals surface area contributed by atoms with E-state index in [0.717, 1.165) is 12.8 Å². The first-order chi connectivity index (χ1) is 19.1. The largest absolute Gasteiger partial charge is 0.421 e. The minimum atomic E-state index is -4.85. The van der Waals surface area contributed by atoms with E-state index in [-0.39, 0.29) is 53.6 Å². The highest BCUT2D eigenvalue weighted by Gasteiger charge is 2.51. The van der Waals surface area contributed by atoms with Gasteiger partial charge in [-0.2, -0.15) is 17.5 Å². The Bertz CT molecular complexity index is 1450. The first kappa shape index (κ1) is 30.6. The maximum atomic E-state index is 13.6. The molecule has 2 heterocycles. The molecule has 14 heteroatoms. The molecule has 3 atom stereocenters. The maximum Gasteiger partial charge on any atom is 0.421 e. The van der Waals surface area contributed by atoms with E-state index in [1.54, 1.807) is 12.2 Å². The number of aliphatic hydroxyl groups is 1. The first-order valence-electron chi connectivity index (χ1n) is 13.6. The van der Waals surface area contributed by atoms with Crippen molar-refractivity contribution in [3.05, 3.63) is 53.0 Å². The SMILES string of the molecule is C[C@](O)(c1ccc(N2CCN(S(=O)(=O)C3=CC=CCC3=S)C[C@@H]2CN2CCS(=O)(=O)C[C@@H]2C2CC2)cc1)C(F)(F)F. The number of allylic oxidation sites excluding steroid dienone is 4. The molecule has 2 saturated heterocycles. The molecule has 2 aliphatic heterocycles. The second-order valence-electron chi connectivity index (χ2n) is 11.4. The number of thiocarbonyl (C=S) groups is 1. The van der Waals surface area contributed by atoms with Crippen LogP contribution in [0.3, 0.4) is 0 Å². The molecule has 0 aromatic heterocycles. The predicted octanol–water partition coefficient (Wildman–Crippen LogP) is 3.00. The van der Waals surface area contributed by atoms with Crippen molar-refractivity contribution < 1.29 is 35.1 Å². The van der Waals surface area contributed by atoms with Crippen LogP contribution in [0.1, 0.15) is 31.7 Å². The van der Waals surface area contributed by atoms with Crippen LogP contribution in [0.4, 0.5) is 18.9 Å². The number of sulfone groups is 1. The van der Waals surface area contributed by atoms with Gasteiger partial charge in [-0.25, -0.2) is 16.8 Å². The molecule has 3 fully saturated rings. The van der Waals surface area contributed by atoms with Crippen molar-refractivity contribution in [1.82, 2.24) is 9.21 Å². The third kappa shape index (κ3) is 6.28. The maximum absolute atomic E-state index is 13.6. The summed E-state index contributed by atoms with van der Waals surface area (Å²) in [5.74, 6) is 0.378. The van der Waals surface area contributed by atoms with Gasteiger partial charge >= 0.3 is 6.18 Å². The summed E-state index contributed by atoms with van der Waals surface area (Å²) in [6.45, 7) is 1.97. The molecular weight excluding hydrogens is 600 g/mol. The van der Waals surface area contributed by atoms with Crippen molar-refractivity contribution in [1.29, 1.82) is 0 Å². The van der Waals surface area contributed by atoms with Gasteiger partial charge in [0.1, 0.15) is 0 Å². The topological polar surface area (TPSA) is 98.2 Å². The summed E-state index contributed by atoms with van der Waals surface area (Å²) in [5, 5.41) is 10.1. The van der Waals surface area contributed by atoms with E-state index >= 15 is 0 Å². The molecule has 0 spiro atoms. The van der Waals surface area contributed by atoms with Crippen LogP contribution in [0.2, 0.25) is 0 Å². The second-order valence-corrected chi connectivity index (χ2v) is 16.1. The lowest BCUT2D eigenvalue weighted by Gasteiger charge is -2.46. The van der Waals surface area contributed by atoms with Crippen molar-refractivity contribution in [3.8, 4) is 0 Å². The predicted molar refractivity (Wildman–Crippen MR) is 155 cm³/mol. The normalized spacial score (nSPS) is 27.9. The quantitative estimate of drug-likeness (QED) is 0.458. The van der Waals surface area contributed by atoms with Crippen LogP contribution in [-0.2, 0) is 25.5 Å². The molecular formula is C27H34F3N3O5S3. The van der Waals surface area contributed by atoms with Crippen LogP contribution < -0.4 is 4.90 Å². The summed E-state index contributed by atoms with van der Waals surface area (Å²) in [6, 6.07) is 4.95. The molecule has 226 valence electrons. The van der Waals surface area contributed by atoms with Crippen LogP contribution in [0.5, 0.6) is 0 Å². The Kier molecular flexibility index (Phi) is 8.23. The van der Waals surface area contributed by atoms with Gasteiger partial charge in [-0.1, -0.05) is 36.5 Å². The number of nitrogens with zero attached hydrogens (tertiary/aromatic N) is 3. The Hall–Kier alpha value is -1.84. The van der Waals surface area contributed by atoms with E-state index in [0.29, 0.717) is 37.0 Å². The van der Waals surface area contributed by atoms with Crippen molar-refractivity contribution in [3.63, 3.8) is 0 Å². The molecule has 0 radical (unpaired) electrons. The average molecular weight is 634 g/mol. The molecule has 0 unspecified atom stereocenters. The van der Waals surface area contributed by atoms with Gasteiger partial charge in [0.2, 0.25) is 10.0 Å². The zero-order valence-electron chi connectivity index (χ0n) is 22.6. The number of hydrogen-bond acceptors (Lipinski definition) is 8. The third-order valence-electron chi connectivity index (χ3n) is 8.53. The zero-order valence-corrected chi connectivity index (χ0v) is 25.1. The second kappa shape index (κ2) is 11.0. The Morgan fingerprint density at radius 2 is 1.78 bits per heavy atom. The number of rotatable bonds is 7. The Balaban J connectivity index is 1.44. The smallest absolute Gasteiger partial charge is 0.376 e. The summed E-state index contributed by atoms with van der Waals surface area (Å²) in [7, 11) is -7.06. The fourth-order valence-electron chi connectivity index (χ4n) is 5.86. The van der Waals surface area contributed by atoms with E-state index in [4.69, 9.17) is 12.2 Å². The summed E-state index contributed by atoms with van der Waals surface area (Å²) >= 11 is 5.34. The highest BCUT2D eigenvalue weighted by Crippen LogP contribution is 2.40. The van der Waals surface area contributed by atoms with Crippen LogP contribution in [0.15, 0.2) is 47.4 Å². The number of halogens is 3. The van der Waals surface area contributed by atoms with Gasteiger partial charge in [-0.3, -0.25) is 4.90 Å². The fraction of sp³-hybridized carbons (Fsp3) is 0.593. The third-order valence-corrected chi connectivity index (χ3v) is 12.7. The lowest BCUT2D eigenvalue weighted by Crippen LogP contribution is -2.61. The zero-order chi connectivity index (χ0) is 29.8. The molecule has 8 nitrogen and oxygen atoms in total. The van der Waals surface area contributed by atoms with Gasteiger partial charge < -0.3 is 10.0 Å². The van der Waals surface area contributed by atoms with Gasteiger partial charge in [0.05, 0.1) is 22.5 Å². The van der Waals surface area contributed by atoms with E-state index in [1.807, 2.05) is 4.90 Å². The highest BCUT2D eigenvalue weighted by molar-refractivity contribution is 7.96. The van der Waals surface area contributed by atoms with Crippen molar-refractivity contribution in [2.75, 3.05) is 49.1 Å². The van der Waals surface area contributed by atoms with E-state index in [1.165, 1.54) is 34.6 Å². The van der Waals surface area contributed by atoms with Crippen molar-refractivity contribution >= 4 is 42.6 Å². The minimum absolute atomic E-state index is 0.0274. The summed E-state index contributed by atoms with van der Waals surface area (Å²) in [5.41, 5.74) is -2.72. The van der Waals surface area contributed by atoms with Crippen LogP contribution >= 0.6 is 12.2 Å². The number of alkyl halides is 3. The Morgan fingerprint density at radius 1 is 1.10 bits per heavy atom. The lowest BCUT2D eigenvalue weighted by atomic mass is 9.95. The van der Waals surface area contributed by atoms with Gasteiger partial charge in [-0.15, -0.1) is 0 Å². The molecule has 4 aliphatic rings. The molecule has 1 aromatic carbocycles. The van der Waals surface area contributed by atoms with Crippen molar-refractivity contribution in [2.24, 2.45) is 5.92 Å². The number of sulfonamides is 1. The first-order valence-corrected chi connectivity index (χ1v) is 17.3. The molecule has 1 aromatic rings. The average Bonchev–Trinajstić information content (AvgIpc) is 3.75. The number of hydrogen-bond donors (Lipinski definition) is 1. The number of piperazine rings is 1. The fourth-order valence-corrected chi connectivity index (χ4v) is 9.61. The molecule has 2 aliphatic carbocycles. The van der Waals surface area contributed by atoms with Gasteiger partial charge in [-0.05, 0) is 49.5 Å². The summed E-state index contributed by atoms with van der Waals surface area (Å²) in [4.78, 5) is 4.55. The summed E-state index contributed by atoms with van der Waals surface area (Å²) in [6.07, 6.45) is 2.38. The van der Waals surface area contributed by atoms with Gasteiger partial charge in [0.15, 0.2) is 15.4 Å². The molecule has 5 rings (SSSR count). The lowest BCUT2D eigenvalue weighted by molar-refractivity contribution is -0.258. The van der Waals surface area contributed by atoms with Crippen LogP contribution in [0.25, 0.3) is 0 Å².